The number of rotatable bonds is 5. The first-order valence-corrected chi connectivity index (χ1v) is 7.90. The maximum atomic E-state index is 11.8. The van der Waals surface area contributed by atoms with Gasteiger partial charge in [-0.2, -0.15) is 0 Å². The van der Waals surface area contributed by atoms with Crippen molar-refractivity contribution in [3.8, 4) is 0 Å². The highest BCUT2D eigenvalue weighted by atomic mass is 16.2. The second-order valence-corrected chi connectivity index (χ2v) is 5.74. The number of likely N-dealkylation sites (tertiary alicyclic amines) is 1. The van der Waals surface area contributed by atoms with E-state index in [0.29, 0.717) is 38.9 Å². The Bertz CT molecular complexity index is 553. The number of aliphatic imine (C=N–C) groups is 1. The van der Waals surface area contributed by atoms with Crippen molar-refractivity contribution in [2.24, 2.45) is 4.99 Å². The van der Waals surface area contributed by atoms with E-state index in [4.69, 9.17) is 0 Å². The molecule has 6 nitrogen and oxygen atoms in total. The minimum Gasteiger partial charge on any atom is -0.354 e. The van der Waals surface area contributed by atoms with Crippen LogP contribution >= 0.6 is 0 Å². The van der Waals surface area contributed by atoms with Crippen LogP contribution in [0.4, 0.5) is 0 Å². The average molecular weight is 316 g/mol. The van der Waals surface area contributed by atoms with E-state index in [9.17, 15) is 9.59 Å². The van der Waals surface area contributed by atoms with Gasteiger partial charge in [-0.25, -0.2) is 4.99 Å². The Morgan fingerprint density at radius 3 is 2.43 bits per heavy atom. The average Bonchev–Trinajstić information content (AvgIpc) is 2.53. The lowest BCUT2D eigenvalue weighted by Crippen LogP contribution is -2.46. The maximum absolute atomic E-state index is 11.8. The molecule has 0 bridgehead atoms. The molecular weight excluding hydrogens is 292 g/mol. The van der Waals surface area contributed by atoms with Gasteiger partial charge in [-0.1, -0.05) is 30.3 Å². The van der Waals surface area contributed by atoms with Crippen molar-refractivity contribution in [2.75, 3.05) is 27.2 Å². The van der Waals surface area contributed by atoms with Crippen molar-refractivity contribution in [1.29, 1.82) is 0 Å². The Kier molecular flexibility index (Phi) is 6.14. The molecular formula is C17H24N4O2. The summed E-state index contributed by atoms with van der Waals surface area (Å²) in [7, 11) is 3.82. The van der Waals surface area contributed by atoms with Gasteiger partial charge in [0.15, 0.2) is 5.96 Å². The Hall–Kier alpha value is -2.37. The summed E-state index contributed by atoms with van der Waals surface area (Å²) in [5, 5.41) is 3.21. The number of hydrogen-bond donors (Lipinski definition) is 1. The normalized spacial score (nSPS) is 15.7. The molecule has 0 aliphatic carbocycles. The summed E-state index contributed by atoms with van der Waals surface area (Å²) >= 11 is 0. The SMILES string of the molecule is CN(C)C(=NCc1ccccc1)NCCN1C(=O)CCCC1=O. The molecule has 0 aromatic heterocycles. The Morgan fingerprint density at radius 1 is 1.17 bits per heavy atom. The van der Waals surface area contributed by atoms with Gasteiger partial charge in [0.25, 0.3) is 0 Å². The van der Waals surface area contributed by atoms with Crippen molar-refractivity contribution in [3.05, 3.63) is 35.9 Å². The van der Waals surface area contributed by atoms with Gasteiger partial charge < -0.3 is 10.2 Å². The van der Waals surface area contributed by atoms with Gasteiger partial charge in [-0.05, 0) is 12.0 Å². The Balaban J connectivity index is 1.87. The number of guanidine groups is 1. The fourth-order valence-corrected chi connectivity index (χ4v) is 2.43. The maximum Gasteiger partial charge on any atom is 0.229 e. The summed E-state index contributed by atoms with van der Waals surface area (Å²) in [6, 6.07) is 10.0. The number of benzene rings is 1. The molecule has 1 aromatic carbocycles. The summed E-state index contributed by atoms with van der Waals surface area (Å²) in [5.41, 5.74) is 1.13. The molecule has 1 saturated heterocycles. The zero-order valence-corrected chi connectivity index (χ0v) is 13.8. The molecule has 1 aliphatic heterocycles. The van der Waals surface area contributed by atoms with E-state index in [0.717, 1.165) is 11.5 Å². The third-order valence-electron chi connectivity index (χ3n) is 3.68. The van der Waals surface area contributed by atoms with Gasteiger partial charge in [-0.15, -0.1) is 0 Å². The van der Waals surface area contributed by atoms with Gasteiger partial charge in [0.1, 0.15) is 0 Å². The lowest BCUT2D eigenvalue weighted by Gasteiger charge is -2.26. The van der Waals surface area contributed by atoms with Crippen LogP contribution < -0.4 is 5.32 Å². The predicted octanol–water partition coefficient (Wildman–Crippen LogP) is 1.23. The molecule has 1 aliphatic rings. The molecule has 1 heterocycles. The second-order valence-electron chi connectivity index (χ2n) is 5.74. The van der Waals surface area contributed by atoms with E-state index in [2.05, 4.69) is 10.3 Å². The molecule has 1 aromatic rings. The highest BCUT2D eigenvalue weighted by molar-refractivity contribution is 5.97. The van der Waals surface area contributed by atoms with Crippen LogP contribution in [0.5, 0.6) is 0 Å². The van der Waals surface area contributed by atoms with Crippen LogP contribution in [0.25, 0.3) is 0 Å². The molecule has 0 spiro atoms. The second kappa shape index (κ2) is 8.31. The number of carbonyl (C=O) groups is 2. The Morgan fingerprint density at radius 2 is 1.83 bits per heavy atom. The van der Waals surface area contributed by atoms with Crippen molar-refractivity contribution in [1.82, 2.24) is 15.1 Å². The van der Waals surface area contributed by atoms with Crippen molar-refractivity contribution >= 4 is 17.8 Å². The van der Waals surface area contributed by atoms with Gasteiger partial charge in [-0.3, -0.25) is 14.5 Å². The van der Waals surface area contributed by atoms with Crippen molar-refractivity contribution < 1.29 is 9.59 Å². The largest absolute Gasteiger partial charge is 0.354 e. The lowest BCUT2D eigenvalue weighted by molar-refractivity contribution is -0.147. The van der Waals surface area contributed by atoms with E-state index in [-0.39, 0.29) is 11.8 Å². The molecule has 124 valence electrons. The van der Waals surface area contributed by atoms with Crippen LogP contribution in [0, 0.1) is 0 Å². The minimum atomic E-state index is -0.0734. The summed E-state index contributed by atoms with van der Waals surface area (Å²) in [6.07, 6.45) is 1.60. The summed E-state index contributed by atoms with van der Waals surface area (Å²) < 4.78 is 0. The fourth-order valence-electron chi connectivity index (χ4n) is 2.43. The van der Waals surface area contributed by atoms with Gasteiger partial charge in [0.2, 0.25) is 11.8 Å². The topological polar surface area (TPSA) is 65.0 Å². The number of nitrogens with one attached hydrogen (secondary N) is 1. The molecule has 0 atom stereocenters. The number of piperidine rings is 1. The van der Waals surface area contributed by atoms with E-state index < -0.39 is 0 Å². The first kappa shape index (κ1) is 17.0. The third-order valence-corrected chi connectivity index (χ3v) is 3.68. The molecule has 6 heteroatoms. The minimum absolute atomic E-state index is 0.0734. The number of hydrogen-bond acceptors (Lipinski definition) is 3. The third kappa shape index (κ3) is 5.09. The van der Waals surface area contributed by atoms with E-state index in [1.54, 1.807) is 0 Å². The molecule has 1 fully saturated rings. The van der Waals surface area contributed by atoms with Gasteiger partial charge in [0, 0.05) is 40.0 Å². The standard InChI is InChI=1S/C17H24N4O2/c1-20(2)17(19-13-14-7-4-3-5-8-14)18-11-12-21-15(22)9-6-10-16(21)23/h3-5,7-8H,6,9-13H2,1-2H3,(H,18,19). The summed E-state index contributed by atoms with van der Waals surface area (Å²) in [5.74, 6) is 0.595. The van der Waals surface area contributed by atoms with Crippen molar-refractivity contribution in [2.45, 2.75) is 25.8 Å². The lowest BCUT2D eigenvalue weighted by atomic mass is 10.1. The number of carbonyl (C=O) groups excluding carboxylic acids is 2. The molecule has 1 N–H and O–H groups in total. The molecule has 2 rings (SSSR count). The van der Waals surface area contributed by atoms with E-state index >= 15 is 0 Å². The van der Waals surface area contributed by atoms with Crippen LogP contribution in [-0.4, -0.2) is 54.8 Å². The van der Waals surface area contributed by atoms with Crippen LogP contribution in [0.1, 0.15) is 24.8 Å². The van der Waals surface area contributed by atoms with Crippen LogP contribution in [0.3, 0.4) is 0 Å². The first-order valence-electron chi connectivity index (χ1n) is 7.90. The highest BCUT2D eigenvalue weighted by Gasteiger charge is 2.25. The Labute approximate surface area is 137 Å². The molecule has 2 amide bonds. The zero-order valence-electron chi connectivity index (χ0n) is 13.8. The predicted molar refractivity (Wildman–Crippen MR) is 89.8 cm³/mol. The first-order chi connectivity index (χ1) is 11.1. The molecule has 0 radical (unpaired) electrons. The number of amides is 2. The number of imide groups is 1. The number of nitrogens with zero attached hydrogens (tertiary/aromatic N) is 3. The molecule has 0 saturated carbocycles. The quantitative estimate of drug-likeness (QED) is 0.504. The fraction of sp³-hybridized carbons (Fsp3) is 0.471. The zero-order chi connectivity index (χ0) is 16.7. The van der Waals surface area contributed by atoms with Crippen LogP contribution in [0.2, 0.25) is 0 Å². The monoisotopic (exact) mass is 316 g/mol. The molecule has 23 heavy (non-hydrogen) atoms. The van der Waals surface area contributed by atoms with E-state index in [1.807, 2.05) is 49.3 Å². The smallest absolute Gasteiger partial charge is 0.229 e. The summed E-state index contributed by atoms with van der Waals surface area (Å²) in [4.78, 5) is 31.3. The van der Waals surface area contributed by atoms with Crippen LogP contribution in [0.15, 0.2) is 35.3 Å². The van der Waals surface area contributed by atoms with Crippen LogP contribution in [-0.2, 0) is 16.1 Å². The van der Waals surface area contributed by atoms with E-state index in [1.165, 1.54) is 4.90 Å². The summed E-state index contributed by atoms with van der Waals surface area (Å²) in [6.45, 7) is 1.47. The highest BCUT2D eigenvalue weighted by Crippen LogP contribution is 2.11. The van der Waals surface area contributed by atoms with Gasteiger partial charge in [0.05, 0.1) is 6.54 Å². The molecule has 0 unspecified atom stereocenters. The van der Waals surface area contributed by atoms with Gasteiger partial charge >= 0.3 is 0 Å². The van der Waals surface area contributed by atoms with Crippen molar-refractivity contribution in [3.63, 3.8) is 0 Å².